The molecule has 0 saturated carbocycles. The molecular formula is C9H18N6. The van der Waals surface area contributed by atoms with E-state index in [1.807, 2.05) is 7.05 Å². The highest BCUT2D eigenvalue weighted by Gasteiger charge is 2.22. The number of aromatic nitrogens is 4. The number of aryl methyl sites for hydroxylation is 1. The minimum Gasteiger partial charge on any atom is -0.339 e. The summed E-state index contributed by atoms with van der Waals surface area (Å²) in [6, 6.07) is 0. The van der Waals surface area contributed by atoms with Gasteiger partial charge in [0.25, 0.3) is 0 Å². The van der Waals surface area contributed by atoms with E-state index >= 15 is 0 Å². The van der Waals surface area contributed by atoms with Gasteiger partial charge in [-0.3, -0.25) is 0 Å². The van der Waals surface area contributed by atoms with Gasteiger partial charge in [-0.05, 0) is 42.2 Å². The number of piperidine rings is 1. The zero-order valence-corrected chi connectivity index (χ0v) is 9.13. The molecule has 0 amide bonds. The van der Waals surface area contributed by atoms with E-state index in [0.29, 0.717) is 5.92 Å². The molecule has 2 rings (SSSR count). The first-order valence-corrected chi connectivity index (χ1v) is 5.48. The van der Waals surface area contributed by atoms with Crippen LogP contribution in [-0.2, 0) is 7.05 Å². The van der Waals surface area contributed by atoms with Crippen LogP contribution in [0.25, 0.3) is 0 Å². The largest absolute Gasteiger partial charge is 0.339 e. The van der Waals surface area contributed by atoms with Crippen LogP contribution < -0.4 is 10.6 Å². The van der Waals surface area contributed by atoms with E-state index < -0.39 is 0 Å². The molecule has 2 heterocycles. The molecule has 0 aromatic carbocycles. The lowest BCUT2D eigenvalue weighted by atomic mass is 9.95. The van der Waals surface area contributed by atoms with Crippen molar-refractivity contribution in [2.75, 3.05) is 24.5 Å². The third kappa shape index (κ3) is 2.26. The average Bonchev–Trinajstić information content (AvgIpc) is 2.65. The first-order chi connectivity index (χ1) is 7.31. The maximum absolute atomic E-state index is 5.59. The van der Waals surface area contributed by atoms with Crippen LogP contribution >= 0.6 is 0 Å². The first-order valence-electron chi connectivity index (χ1n) is 5.48. The number of hydrogen-bond acceptors (Lipinski definition) is 5. The van der Waals surface area contributed by atoms with E-state index in [2.05, 4.69) is 20.4 Å². The van der Waals surface area contributed by atoms with Gasteiger partial charge in [-0.2, -0.15) is 0 Å². The Labute approximate surface area is 89.4 Å². The topological polar surface area (TPSA) is 72.9 Å². The molecule has 1 aliphatic rings. The van der Waals surface area contributed by atoms with E-state index in [0.717, 1.165) is 32.0 Å². The molecule has 6 nitrogen and oxygen atoms in total. The van der Waals surface area contributed by atoms with E-state index in [4.69, 9.17) is 5.73 Å². The molecule has 1 unspecified atom stereocenters. The number of hydrogen-bond donors (Lipinski definition) is 1. The molecule has 15 heavy (non-hydrogen) atoms. The van der Waals surface area contributed by atoms with Gasteiger partial charge < -0.3 is 10.6 Å². The van der Waals surface area contributed by atoms with Crippen molar-refractivity contribution >= 4 is 5.95 Å². The van der Waals surface area contributed by atoms with Crippen LogP contribution in [0.15, 0.2) is 0 Å². The van der Waals surface area contributed by atoms with E-state index in [1.165, 1.54) is 12.8 Å². The lowest BCUT2D eigenvalue weighted by molar-refractivity contribution is 0.390. The standard InChI is InChI=1S/C9H18N6/c1-14-9(11-12-13-14)15-6-2-3-8(7-15)4-5-10/h8H,2-7,10H2,1H3. The Bertz CT molecular complexity index is 307. The first kappa shape index (κ1) is 10.4. The Morgan fingerprint density at radius 2 is 2.40 bits per heavy atom. The Kier molecular flexibility index (Phi) is 3.15. The molecule has 0 bridgehead atoms. The summed E-state index contributed by atoms with van der Waals surface area (Å²) in [6.07, 6.45) is 3.58. The third-order valence-electron chi connectivity index (χ3n) is 2.97. The molecule has 1 aromatic heterocycles. The molecule has 6 heteroatoms. The summed E-state index contributed by atoms with van der Waals surface area (Å²) < 4.78 is 1.73. The second-order valence-corrected chi connectivity index (χ2v) is 4.13. The van der Waals surface area contributed by atoms with Gasteiger partial charge in [0, 0.05) is 20.1 Å². The fourth-order valence-corrected chi connectivity index (χ4v) is 2.21. The predicted octanol–water partition coefficient (Wildman–Crippen LogP) is -0.225. The van der Waals surface area contributed by atoms with Gasteiger partial charge in [-0.1, -0.05) is 5.10 Å². The van der Waals surface area contributed by atoms with Crippen molar-refractivity contribution < 1.29 is 0 Å². The Morgan fingerprint density at radius 1 is 1.53 bits per heavy atom. The normalized spacial score (nSPS) is 22.0. The zero-order valence-electron chi connectivity index (χ0n) is 9.13. The molecule has 2 N–H and O–H groups in total. The van der Waals surface area contributed by atoms with Gasteiger partial charge in [-0.25, -0.2) is 4.68 Å². The van der Waals surface area contributed by atoms with Crippen LogP contribution in [0.3, 0.4) is 0 Å². The van der Waals surface area contributed by atoms with Crippen molar-refractivity contribution in [3.05, 3.63) is 0 Å². The third-order valence-corrected chi connectivity index (χ3v) is 2.97. The molecule has 84 valence electrons. The summed E-state index contributed by atoms with van der Waals surface area (Å²) in [6.45, 7) is 2.86. The Hall–Kier alpha value is -1.17. The van der Waals surface area contributed by atoms with Gasteiger partial charge in [-0.15, -0.1) is 0 Å². The Morgan fingerprint density at radius 3 is 3.07 bits per heavy atom. The summed E-state index contributed by atoms with van der Waals surface area (Å²) in [7, 11) is 1.88. The average molecular weight is 210 g/mol. The van der Waals surface area contributed by atoms with E-state index in [1.54, 1.807) is 4.68 Å². The lowest BCUT2D eigenvalue weighted by Gasteiger charge is -2.32. The molecule has 1 saturated heterocycles. The van der Waals surface area contributed by atoms with Crippen LogP contribution in [0.1, 0.15) is 19.3 Å². The highest BCUT2D eigenvalue weighted by molar-refractivity contribution is 5.28. The summed E-state index contributed by atoms with van der Waals surface area (Å²) >= 11 is 0. The van der Waals surface area contributed by atoms with Gasteiger partial charge in [0.05, 0.1) is 0 Å². The summed E-state index contributed by atoms with van der Waals surface area (Å²) in [5.41, 5.74) is 5.59. The van der Waals surface area contributed by atoms with Crippen molar-refractivity contribution in [3.8, 4) is 0 Å². The highest BCUT2D eigenvalue weighted by Crippen LogP contribution is 2.22. The molecule has 1 aromatic rings. The monoisotopic (exact) mass is 210 g/mol. The predicted molar refractivity (Wildman–Crippen MR) is 57.4 cm³/mol. The van der Waals surface area contributed by atoms with Crippen LogP contribution in [0.5, 0.6) is 0 Å². The molecule has 0 radical (unpaired) electrons. The number of rotatable bonds is 3. The summed E-state index contributed by atoms with van der Waals surface area (Å²) in [4.78, 5) is 2.25. The zero-order chi connectivity index (χ0) is 10.7. The fourth-order valence-electron chi connectivity index (χ4n) is 2.21. The van der Waals surface area contributed by atoms with Crippen molar-refractivity contribution in [1.82, 2.24) is 20.2 Å². The van der Waals surface area contributed by atoms with E-state index in [9.17, 15) is 0 Å². The second-order valence-electron chi connectivity index (χ2n) is 4.13. The van der Waals surface area contributed by atoms with Crippen molar-refractivity contribution in [2.24, 2.45) is 18.7 Å². The van der Waals surface area contributed by atoms with Gasteiger partial charge in [0.2, 0.25) is 5.95 Å². The van der Waals surface area contributed by atoms with Crippen molar-refractivity contribution in [2.45, 2.75) is 19.3 Å². The molecular weight excluding hydrogens is 192 g/mol. The molecule has 1 atom stereocenters. The maximum atomic E-state index is 5.59. The highest BCUT2D eigenvalue weighted by atomic mass is 15.6. The van der Waals surface area contributed by atoms with Crippen LogP contribution in [0, 0.1) is 5.92 Å². The molecule has 0 spiro atoms. The van der Waals surface area contributed by atoms with Crippen LogP contribution in [0.4, 0.5) is 5.95 Å². The van der Waals surface area contributed by atoms with Gasteiger partial charge in [0.1, 0.15) is 0 Å². The van der Waals surface area contributed by atoms with Gasteiger partial charge >= 0.3 is 0 Å². The molecule has 1 aliphatic heterocycles. The fraction of sp³-hybridized carbons (Fsp3) is 0.889. The number of nitrogens with two attached hydrogens (primary N) is 1. The van der Waals surface area contributed by atoms with Crippen LogP contribution in [-0.4, -0.2) is 39.8 Å². The minimum absolute atomic E-state index is 0.695. The van der Waals surface area contributed by atoms with E-state index in [-0.39, 0.29) is 0 Å². The smallest absolute Gasteiger partial charge is 0.245 e. The Balaban J connectivity index is 2.01. The molecule has 0 aliphatic carbocycles. The van der Waals surface area contributed by atoms with Crippen LogP contribution in [0.2, 0.25) is 0 Å². The summed E-state index contributed by atoms with van der Waals surface area (Å²) in [5, 5.41) is 11.5. The second kappa shape index (κ2) is 4.57. The number of nitrogens with zero attached hydrogens (tertiary/aromatic N) is 5. The van der Waals surface area contributed by atoms with Crippen molar-refractivity contribution in [3.63, 3.8) is 0 Å². The minimum atomic E-state index is 0.695. The summed E-state index contributed by atoms with van der Waals surface area (Å²) in [5.74, 6) is 1.57. The quantitative estimate of drug-likeness (QED) is 0.746. The number of tetrazole rings is 1. The SMILES string of the molecule is Cn1nnnc1N1CCCC(CCN)C1. The maximum Gasteiger partial charge on any atom is 0.245 e. The molecule has 1 fully saturated rings. The van der Waals surface area contributed by atoms with Gasteiger partial charge in [0.15, 0.2) is 0 Å². The lowest BCUT2D eigenvalue weighted by Crippen LogP contribution is -2.37. The number of anilines is 1. The van der Waals surface area contributed by atoms with Crippen molar-refractivity contribution in [1.29, 1.82) is 0 Å².